The minimum absolute atomic E-state index is 0.00264. The van der Waals surface area contributed by atoms with E-state index in [4.69, 9.17) is 9.84 Å². The molecule has 0 spiro atoms. The molecule has 0 fully saturated rings. The van der Waals surface area contributed by atoms with Gasteiger partial charge in [0.15, 0.2) is 0 Å². The zero-order chi connectivity index (χ0) is 11.2. The molecule has 0 aliphatic heterocycles. The average Bonchev–Trinajstić information content (AvgIpc) is 2.14. The molecule has 1 N–H and O–H groups in total. The van der Waals surface area contributed by atoms with Crippen LogP contribution in [0.15, 0.2) is 0 Å². The molecular formula is C8H14O5S. The number of ether oxygens (including phenoxy) is 2. The number of carboxylic acids is 1. The Morgan fingerprint density at radius 3 is 2.36 bits per heavy atom. The molecule has 0 radical (unpaired) electrons. The van der Waals surface area contributed by atoms with Gasteiger partial charge in [-0.3, -0.25) is 9.59 Å². The van der Waals surface area contributed by atoms with Crippen molar-refractivity contribution in [3.8, 4) is 0 Å². The van der Waals surface area contributed by atoms with Crippen molar-refractivity contribution in [2.24, 2.45) is 0 Å². The van der Waals surface area contributed by atoms with Crippen LogP contribution in [-0.2, 0) is 19.1 Å². The number of rotatable bonds is 6. The number of carbonyl (C=O) groups is 2. The number of hydrogen-bond donors (Lipinski definition) is 1. The van der Waals surface area contributed by atoms with E-state index in [9.17, 15) is 9.59 Å². The van der Waals surface area contributed by atoms with Crippen molar-refractivity contribution in [2.75, 3.05) is 26.6 Å². The van der Waals surface area contributed by atoms with Crippen LogP contribution in [-0.4, -0.2) is 48.4 Å². The smallest absolute Gasteiger partial charge is 0.321 e. The van der Waals surface area contributed by atoms with E-state index in [1.807, 2.05) is 0 Å². The fourth-order valence-corrected chi connectivity index (χ4v) is 1.60. The number of hydrogen-bond acceptors (Lipinski definition) is 5. The average molecular weight is 222 g/mol. The van der Waals surface area contributed by atoms with Gasteiger partial charge in [0.05, 0.1) is 19.5 Å². The van der Waals surface area contributed by atoms with E-state index in [0.29, 0.717) is 0 Å². The van der Waals surface area contributed by atoms with Crippen LogP contribution in [0.25, 0.3) is 0 Å². The highest BCUT2D eigenvalue weighted by molar-refractivity contribution is 8.02. The summed E-state index contributed by atoms with van der Waals surface area (Å²) in [6, 6.07) is 0. The first-order chi connectivity index (χ1) is 6.46. The van der Waals surface area contributed by atoms with Gasteiger partial charge < -0.3 is 14.6 Å². The predicted molar refractivity (Wildman–Crippen MR) is 52.4 cm³/mol. The van der Waals surface area contributed by atoms with Crippen molar-refractivity contribution < 1.29 is 24.2 Å². The lowest BCUT2D eigenvalue weighted by Crippen LogP contribution is -2.37. The normalized spacial score (nSPS) is 14.5. The molecule has 0 aromatic rings. The van der Waals surface area contributed by atoms with Crippen molar-refractivity contribution >= 4 is 23.7 Å². The third kappa shape index (κ3) is 3.97. The van der Waals surface area contributed by atoms with E-state index < -0.39 is 16.7 Å². The lowest BCUT2D eigenvalue weighted by molar-refractivity contribution is -0.140. The van der Waals surface area contributed by atoms with E-state index in [2.05, 4.69) is 4.74 Å². The quantitative estimate of drug-likeness (QED) is 0.655. The molecule has 1 unspecified atom stereocenters. The molecule has 0 amide bonds. The molecule has 6 heteroatoms. The highest BCUT2D eigenvalue weighted by atomic mass is 32.2. The summed E-state index contributed by atoms with van der Waals surface area (Å²) in [5, 5.41) is 8.90. The fraction of sp³-hybridized carbons (Fsp3) is 0.750. The molecule has 0 rings (SSSR count). The number of esters is 1. The Hall–Kier alpha value is -0.750. The Kier molecular flexibility index (Phi) is 5.56. The Balaban J connectivity index is 4.23. The molecule has 0 aliphatic rings. The van der Waals surface area contributed by atoms with Crippen LogP contribution in [0.3, 0.4) is 0 Å². The summed E-state index contributed by atoms with van der Waals surface area (Å²) in [5.74, 6) is -1.45. The maximum Gasteiger partial charge on any atom is 0.321 e. The van der Waals surface area contributed by atoms with Crippen molar-refractivity contribution in [1.29, 1.82) is 0 Å². The Labute approximate surface area is 86.8 Å². The third-order valence-corrected chi connectivity index (χ3v) is 2.92. The van der Waals surface area contributed by atoms with Gasteiger partial charge in [-0.2, -0.15) is 0 Å². The number of methoxy groups -OCH3 is 2. The van der Waals surface area contributed by atoms with Gasteiger partial charge in [0, 0.05) is 7.11 Å². The van der Waals surface area contributed by atoms with Crippen LogP contribution < -0.4 is 0 Å². The monoisotopic (exact) mass is 222 g/mol. The van der Waals surface area contributed by atoms with E-state index in [1.54, 1.807) is 0 Å². The van der Waals surface area contributed by atoms with Gasteiger partial charge in [-0.05, 0) is 6.92 Å². The summed E-state index contributed by atoms with van der Waals surface area (Å²) in [5.41, 5.74) is 0. The van der Waals surface area contributed by atoms with Crippen molar-refractivity contribution in [3.63, 3.8) is 0 Å². The summed E-state index contributed by atoms with van der Waals surface area (Å²) in [6.45, 7) is 1.55. The molecule has 0 bridgehead atoms. The first-order valence-electron chi connectivity index (χ1n) is 3.89. The van der Waals surface area contributed by atoms with Crippen molar-refractivity contribution in [3.05, 3.63) is 0 Å². The first kappa shape index (κ1) is 13.2. The lowest BCUT2D eigenvalue weighted by Gasteiger charge is -2.22. The number of carbonyl (C=O) groups excluding carboxylic acids is 1. The predicted octanol–water partition coefficient (Wildman–Crippen LogP) is 0.382. The zero-order valence-corrected chi connectivity index (χ0v) is 9.22. The van der Waals surface area contributed by atoms with Crippen LogP contribution in [0.1, 0.15) is 6.92 Å². The summed E-state index contributed by atoms with van der Waals surface area (Å²) in [4.78, 5) is 21.7. The second-order valence-corrected chi connectivity index (χ2v) is 4.31. The fourth-order valence-electron chi connectivity index (χ4n) is 0.718. The summed E-state index contributed by atoms with van der Waals surface area (Å²) < 4.78 is 8.08. The standard InChI is InChI=1S/C8H14O5S/c1-8(5-12-2,7(10)11)14-4-6(9)13-3/h4-5H2,1-3H3,(H,10,11). The van der Waals surface area contributed by atoms with Gasteiger partial charge in [0.2, 0.25) is 0 Å². The minimum atomic E-state index is -1.11. The molecule has 0 aromatic heterocycles. The molecule has 0 saturated carbocycles. The van der Waals surface area contributed by atoms with Crippen LogP contribution >= 0.6 is 11.8 Å². The Morgan fingerprint density at radius 1 is 1.43 bits per heavy atom. The minimum Gasteiger partial charge on any atom is -0.480 e. The molecule has 0 aromatic carbocycles. The van der Waals surface area contributed by atoms with Crippen molar-refractivity contribution in [2.45, 2.75) is 11.7 Å². The van der Waals surface area contributed by atoms with Gasteiger partial charge in [-0.25, -0.2) is 0 Å². The molecule has 0 saturated heterocycles. The number of aliphatic carboxylic acids is 1. The van der Waals surface area contributed by atoms with E-state index in [1.165, 1.54) is 21.1 Å². The SMILES string of the molecule is COCC(C)(SCC(=O)OC)C(=O)O. The summed E-state index contributed by atoms with van der Waals surface area (Å²) in [7, 11) is 2.68. The Morgan fingerprint density at radius 2 is 2.00 bits per heavy atom. The second-order valence-electron chi connectivity index (χ2n) is 2.83. The summed E-state index contributed by atoms with van der Waals surface area (Å²) in [6.07, 6.45) is 0. The van der Waals surface area contributed by atoms with E-state index >= 15 is 0 Å². The van der Waals surface area contributed by atoms with Gasteiger partial charge in [-0.15, -0.1) is 11.8 Å². The number of carboxylic acid groups (broad SMARTS) is 1. The first-order valence-corrected chi connectivity index (χ1v) is 4.88. The molecule has 14 heavy (non-hydrogen) atoms. The van der Waals surface area contributed by atoms with Crippen LogP contribution in [0, 0.1) is 0 Å². The maximum absolute atomic E-state index is 10.9. The van der Waals surface area contributed by atoms with Crippen LogP contribution in [0.5, 0.6) is 0 Å². The maximum atomic E-state index is 10.9. The highest BCUT2D eigenvalue weighted by Crippen LogP contribution is 2.25. The lowest BCUT2D eigenvalue weighted by atomic mass is 10.2. The highest BCUT2D eigenvalue weighted by Gasteiger charge is 2.34. The third-order valence-electron chi connectivity index (χ3n) is 1.61. The van der Waals surface area contributed by atoms with E-state index in [-0.39, 0.29) is 12.4 Å². The topological polar surface area (TPSA) is 72.8 Å². The van der Waals surface area contributed by atoms with E-state index in [0.717, 1.165) is 11.8 Å². The molecule has 1 atom stereocenters. The molecular weight excluding hydrogens is 208 g/mol. The second kappa shape index (κ2) is 5.87. The van der Waals surface area contributed by atoms with Crippen LogP contribution in [0.2, 0.25) is 0 Å². The number of thioether (sulfide) groups is 1. The molecule has 0 aliphatic carbocycles. The van der Waals surface area contributed by atoms with Gasteiger partial charge in [0.1, 0.15) is 4.75 Å². The van der Waals surface area contributed by atoms with Crippen molar-refractivity contribution in [1.82, 2.24) is 0 Å². The zero-order valence-electron chi connectivity index (χ0n) is 8.40. The molecule has 82 valence electrons. The van der Waals surface area contributed by atoms with Gasteiger partial charge in [0.25, 0.3) is 0 Å². The van der Waals surface area contributed by atoms with Crippen LogP contribution in [0.4, 0.5) is 0 Å². The largest absolute Gasteiger partial charge is 0.480 e. The molecule has 5 nitrogen and oxygen atoms in total. The Bertz CT molecular complexity index is 218. The van der Waals surface area contributed by atoms with Gasteiger partial charge >= 0.3 is 11.9 Å². The van der Waals surface area contributed by atoms with Gasteiger partial charge in [-0.1, -0.05) is 0 Å². The molecule has 0 heterocycles. The summed E-state index contributed by atoms with van der Waals surface area (Å²) >= 11 is 0.990.